The first kappa shape index (κ1) is 22.4. The highest BCUT2D eigenvalue weighted by Gasteiger charge is 2.75. The molecule has 0 aromatic heterocycles. The number of benzene rings is 5. The fourth-order valence-corrected chi connectivity index (χ4v) is 8.88. The van der Waals surface area contributed by atoms with Gasteiger partial charge in [-0.05, 0) is 28.5 Å². The molecule has 0 radical (unpaired) electrons. The van der Waals surface area contributed by atoms with Gasteiger partial charge in [0.1, 0.15) is 0 Å². The van der Waals surface area contributed by atoms with Gasteiger partial charge in [-0.1, -0.05) is 121 Å². The summed E-state index contributed by atoms with van der Waals surface area (Å²) in [6, 6.07) is 40.2. The number of hydrogen-bond acceptors (Lipinski definition) is 3. The molecule has 1 fully saturated rings. The molecule has 0 N–H and O–H groups in total. The Morgan fingerprint density at radius 3 is 2.03 bits per heavy atom. The summed E-state index contributed by atoms with van der Waals surface area (Å²) in [6.45, 7) is 0. The number of ether oxygens (including phenoxy) is 2. The van der Waals surface area contributed by atoms with Gasteiger partial charge in [0.25, 0.3) is 0 Å². The second-order valence-corrected chi connectivity index (χ2v) is 12.3. The predicted octanol–water partition coefficient (Wildman–Crippen LogP) is 6.12. The highest BCUT2D eigenvalue weighted by Crippen LogP contribution is 2.66. The molecule has 0 spiro atoms. The predicted molar refractivity (Wildman–Crippen MR) is 150 cm³/mol. The van der Waals surface area contributed by atoms with Crippen molar-refractivity contribution in [3.63, 3.8) is 0 Å². The normalized spacial score (nSPS) is 21.9. The zero-order chi connectivity index (χ0) is 25.1. The smallest absolute Gasteiger partial charge is 0.228 e. The van der Waals surface area contributed by atoms with Crippen LogP contribution in [0.15, 0.2) is 127 Å². The molecule has 1 aliphatic carbocycles. The van der Waals surface area contributed by atoms with Gasteiger partial charge in [0.15, 0.2) is 12.7 Å². The van der Waals surface area contributed by atoms with Crippen LogP contribution in [0.4, 0.5) is 0 Å². The lowest BCUT2D eigenvalue weighted by Crippen LogP contribution is -2.36. The van der Waals surface area contributed by atoms with Crippen molar-refractivity contribution in [1.82, 2.24) is 0 Å². The fourth-order valence-electron chi connectivity index (χ4n) is 5.97. The van der Waals surface area contributed by atoms with Crippen LogP contribution in [0.5, 0.6) is 0 Å². The topological polar surface area (TPSA) is 38.8 Å². The average molecular weight is 501 g/mol. The second kappa shape index (κ2) is 8.13. The van der Waals surface area contributed by atoms with Gasteiger partial charge in [-0.15, -0.1) is 0 Å². The monoisotopic (exact) mass is 500 g/mol. The quantitative estimate of drug-likeness (QED) is 0.216. The third-order valence-electron chi connectivity index (χ3n) is 7.72. The largest absolute Gasteiger partial charge is 0.347 e. The van der Waals surface area contributed by atoms with E-state index in [2.05, 4.69) is 36.4 Å². The van der Waals surface area contributed by atoms with Gasteiger partial charge in [0.2, 0.25) is 5.79 Å². The summed E-state index contributed by atoms with van der Waals surface area (Å²) in [5.74, 6) is -0.974. The van der Waals surface area contributed by atoms with Crippen molar-refractivity contribution in [2.75, 3.05) is 7.11 Å². The Morgan fingerprint density at radius 2 is 1.32 bits per heavy atom. The molecule has 5 aromatic rings. The van der Waals surface area contributed by atoms with Crippen molar-refractivity contribution < 1.29 is 14.0 Å². The van der Waals surface area contributed by atoms with E-state index in [-0.39, 0.29) is 0 Å². The van der Waals surface area contributed by atoms with E-state index < -0.39 is 18.5 Å². The van der Waals surface area contributed by atoms with Crippen LogP contribution in [0, 0.1) is 0 Å². The standard InChI is InChI=1S/C33H25O3P/c1-35-32-23-22-25-13-9-11-19-29(25)33(32,36-32)31-28-18-10-8-12-24(28)20-21-30(31)37(34,26-14-4-2-5-15-26)27-16-6-3-7-17-27/h2-23H,1H3/t32-,33-/m0/s1. The molecule has 4 heteroatoms. The van der Waals surface area contributed by atoms with E-state index in [1.807, 2.05) is 97.1 Å². The molecule has 0 saturated carbocycles. The van der Waals surface area contributed by atoms with Gasteiger partial charge in [-0.3, -0.25) is 0 Å². The fraction of sp³-hybridized carbons (Fsp3) is 0.0909. The number of hydrogen-bond donors (Lipinski definition) is 0. The molecule has 0 bridgehead atoms. The van der Waals surface area contributed by atoms with E-state index in [1.54, 1.807) is 7.11 Å². The molecule has 1 heterocycles. The zero-order valence-corrected chi connectivity index (χ0v) is 21.3. The van der Waals surface area contributed by atoms with Crippen LogP contribution in [-0.2, 0) is 19.6 Å². The average Bonchev–Trinajstić information content (AvgIpc) is 3.68. The van der Waals surface area contributed by atoms with Gasteiger partial charge in [-0.25, -0.2) is 0 Å². The van der Waals surface area contributed by atoms with E-state index in [1.165, 1.54) is 0 Å². The number of rotatable bonds is 5. The minimum atomic E-state index is -3.31. The van der Waals surface area contributed by atoms with Crippen LogP contribution < -0.4 is 15.9 Å². The van der Waals surface area contributed by atoms with E-state index >= 15 is 4.57 Å². The summed E-state index contributed by atoms with van der Waals surface area (Å²) >= 11 is 0. The lowest BCUT2D eigenvalue weighted by atomic mass is 9.78. The van der Waals surface area contributed by atoms with Crippen molar-refractivity contribution >= 4 is 39.9 Å². The zero-order valence-electron chi connectivity index (χ0n) is 20.4. The summed E-state index contributed by atoms with van der Waals surface area (Å²) in [5.41, 5.74) is 2.06. The van der Waals surface area contributed by atoms with Crippen molar-refractivity contribution in [1.29, 1.82) is 0 Å². The van der Waals surface area contributed by atoms with Crippen LogP contribution >= 0.6 is 7.14 Å². The minimum Gasteiger partial charge on any atom is -0.347 e. The van der Waals surface area contributed by atoms with Crippen LogP contribution in [0.2, 0.25) is 0 Å². The maximum absolute atomic E-state index is 15.7. The molecule has 1 aliphatic heterocycles. The first-order chi connectivity index (χ1) is 18.1. The first-order valence-corrected chi connectivity index (χ1v) is 14.1. The van der Waals surface area contributed by atoms with Crippen molar-refractivity contribution in [3.8, 4) is 0 Å². The van der Waals surface area contributed by atoms with Crippen molar-refractivity contribution in [2.24, 2.45) is 0 Å². The number of epoxide rings is 1. The van der Waals surface area contributed by atoms with Crippen LogP contribution in [0.1, 0.15) is 16.7 Å². The van der Waals surface area contributed by atoms with Gasteiger partial charge in [0, 0.05) is 34.2 Å². The van der Waals surface area contributed by atoms with E-state index in [4.69, 9.17) is 9.47 Å². The molecule has 37 heavy (non-hydrogen) atoms. The third kappa shape index (κ3) is 3.00. The Bertz CT molecular complexity index is 1680. The summed E-state index contributed by atoms with van der Waals surface area (Å²) in [5, 5.41) is 4.43. The van der Waals surface area contributed by atoms with Gasteiger partial charge < -0.3 is 14.0 Å². The molecule has 7 rings (SSSR count). The van der Waals surface area contributed by atoms with Gasteiger partial charge in [-0.2, -0.15) is 0 Å². The van der Waals surface area contributed by atoms with Crippen LogP contribution in [-0.4, -0.2) is 12.9 Å². The molecular weight excluding hydrogens is 475 g/mol. The van der Waals surface area contributed by atoms with E-state index in [0.717, 1.165) is 43.4 Å². The maximum Gasteiger partial charge on any atom is 0.228 e. The molecule has 1 saturated heterocycles. The first-order valence-electron chi connectivity index (χ1n) is 12.4. The molecule has 2 aliphatic rings. The number of methoxy groups -OCH3 is 1. The lowest BCUT2D eigenvalue weighted by Gasteiger charge is -2.30. The van der Waals surface area contributed by atoms with Crippen molar-refractivity contribution in [2.45, 2.75) is 11.4 Å². The Kier molecular flexibility index (Phi) is 4.93. The van der Waals surface area contributed by atoms with E-state index in [0.29, 0.717) is 0 Å². The Hall–Kier alpha value is -3.75. The van der Waals surface area contributed by atoms with Crippen LogP contribution in [0.25, 0.3) is 16.8 Å². The second-order valence-electron chi connectivity index (χ2n) is 9.54. The SMILES string of the molecule is CO[C@]12C=Cc3ccccc3[C@@]1(c1c(P(=O)(c3ccccc3)c3ccccc3)ccc3ccccc13)O2. The number of fused-ring (bicyclic) bond motifs is 4. The van der Waals surface area contributed by atoms with Gasteiger partial charge in [0.05, 0.1) is 0 Å². The van der Waals surface area contributed by atoms with Gasteiger partial charge >= 0.3 is 0 Å². The lowest BCUT2D eigenvalue weighted by molar-refractivity contribution is 0.0304. The van der Waals surface area contributed by atoms with E-state index in [9.17, 15) is 0 Å². The summed E-state index contributed by atoms with van der Waals surface area (Å²) in [6.07, 6.45) is 4.06. The maximum atomic E-state index is 15.7. The summed E-state index contributed by atoms with van der Waals surface area (Å²) in [7, 11) is -1.63. The Morgan fingerprint density at radius 1 is 0.703 bits per heavy atom. The molecular formula is C33H25O3P. The highest BCUT2D eigenvalue weighted by atomic mass is 31.2. The summed E-state index contributed by atoms with van der Waals surface area (Å²) in [4.78, 5) is 0. The molecule has 5 aromatic carbocycles. The highest BCUT2D eigenvalue weighted by molar-refractivity contribution is 7.85. The molecule has 3 nitrogen and oxygen atoms in total. The Labute approximate surface area is 216 Å². The van der Waals surface area contributed by atoms with Crippen molar-refractivity contribution in [3.05, 3.63) is 144 Å². The molecule has 0 unspecified atom stereocenters. The molecule has 2 atom stereocenters. The summed E-state index contributed by atoms with van der Waals surface area (Å²) < 4.78 is 28.5. The molecule has 0 amide bonds. The Balaban J connectivity index is 1.64. The molecule has 180 valence electrons. The third-order valence-corrected chi connectivity index (χ3v) is 10.8. The van der Waals surface area contributed by atoms with Crippen LogP contribution in [0.3, 0.4) is 0 Å². The minimum absolute atomic E-state index is 0.771.